The Bertz CT molecular complexity index is 1140. The molecule has 0 N–H and O–H groups in total. The van der Waals surface area contributed by atoms with Gasteiger partial charge in [-0.1, -0.05) is 77.4 Å². The van der Waals surface area contributed by atoms with E-state index < -0.39 is 21.0 Å². The molecule has 0 amide bonds. The van der Waals surface area contributed by atoms with E-state index in [1.807, 2.05) is 57.2 Å². The number of hydrogen-bond acceptors (Lipinski definition) is 3. The van der Waals surface area contributed by atoms with E-state index in [1.54, 1.807) is 36.4 Å². The van der Waals surface area contributed by atoms with Gasteiger partial charge in [-0.3, -0.25) is 4.79 Å². The normalized spacial score (nSPS) is 21.0. The van der Waals surface area contributed by atoms with Gasteiger partial charge in [0.05, 0.1) is 10.1 Å². The lowest BCUT2D eigenvalue weighted by Crippen LogP contribution is -2.14. The molecule has 3 aromatic rings. The first-order valence-electron chi connectivity index (χ1n) is 9.77. The molecule has 0 unspecified atom stereocenters. The van der Waals surface area contributed by atoms with Crippen LogP contribution in [0.2, 0.25) is 0 Å². The fourth-order valence-corrected chi connectivity index (χ4v) is 6.09. The van der Waals surface area contributed by atoms with Crippen LogP contribution in [0.5, 0.6) is 0 Å². The lowest BCUT2D eigenvalue weighted by molar-refractivity contribution is 0.0965. The minimum Gasteiger partial charge on any atom is -0.294 e. The van der Waals surface area contributed by atoms with E-state index in [2.05, 4.69) is 0 Å². The van der Waals surface area contributed by atoms with Crippen molar-refractivity contribution in [1.29, 1.82) is 0 Å². The summed E-state index contributed by atoms with van der Waals surface area (Å²) in [5.74, 6) is -0.987. The number of aryl methyl sites for hydroxylation is 3. The van der Waals surface area contributed by atoms with Gasteiger partial charge in [0.25, 0.3) is 0 Å². The Morgan fingerprint density at radius 1 is 0.690 bits per heavy atom. The number of carbonyl (C=O) groups is 1. The number of ketones is 1. The summed E-state index contributed by atoms with van der Waals surface area (Å²) in [6.07, 6.45) is 0. The summed E-state index contributed by atoms with van der Waals surface area (Å²) in [5.41, 5.74) is 4.65. The Hall–Kier alpha value is -2.72. The van der Waals surface area contributed by atoms with E-state index in [0.29, 0.717) is 5.56 Å². The van der Waals surface area contributed by atoms with Crippen LogP contribution in [0, 0.1) is 26.7 Å². The fourth-order valence-electron chi connectivity index (χ4n) is 3.96. The maximum absolute atomic E-state index is 13.4. The molecule has 0 bridgehead atoms. The average molecular weight is 405 g/mol. The highest BCUT2D eigenvalue weighted by atomic mass is 32.2. The Kier molecular flexibility index (Phi) is 4.91. The van der Waals surface area contributed by atoms with E-state index in [-0.39, 0.29) is 16.6 Å². The van der Waals surface area contributed by atoms with Crippen LogP contribution in [0.15, 0.2) is 77.7 Å². The third kappa shape index (κ3) is 3.65. The van der Waals surface area contributed by atoms with E-state index in [0.717, 1.165) is 22.3 Å². The summed E-state index contributed by atoms with van der Waals surface area (Å²) in [4.78, 5) is 13.5. The topological polar surface area (TPSA) is 51.2 Å². The molecule has 4 heteroatoms. The van der Waals surface area contributed by atoms with Gasteiger partial charge in [0.1, 0.15) is 0 Å². The molecule has 3 atom stereocenters. The Labute approximate surface area is 172 Å². The van der Waals surface area contributed by atoms with E-state index in [9.17, 15) is 13.2 Å². The highest BCUT2D eigenvalue weighted by Crippen LogP contribution is 2.55. The number of Topliss-reactive ketones (excluding diaryl/α,β-unsaturated/α-hetero) is 1. The fraction of sp³-hybridized carbons (Fsp3) is 0.240. The molecule has 3 nitrogen and oxygen atoms in total. The SMILES string of the molecule is Cc1ccc(C(=O)[C@H]2[C@@H](c3ccc(C)cc3)[C@@H]2S(=O)(=O)c2ccc(C)cc2)cc1. The Morgan fingerprint density at radius 3 is 1.66 bits per heavy atom. The van der Waals surface area contributed by atoms with Crippen molar-refractivity contribution in [3.05, 3.63) is 101 Å². The largest absolute Gasteiger partial charge is 0.294 e. The summed E-state index contributed by atoms with van der Waals surface area (Å²) in [5, 5.41) is -0.735. The first-order chi connectivity index (χ1) is 13.8. The molecule has 1 saturated carbocycles. The molecule has 148 valence electrons. The van der Waals surface area contributed by atoms with Crippen LogP contribution in [0.1, 0.15) is 38.5 Å². The highest BCUT2D eigenvalue weighted by Gasteiger charge is 2.62. The molecule has 0 heterocycles. The number of carbonyl (C=O) groups excluding carboxylic acids is 1. The second kappa shape index (κ2) is 7.27. The van der Waals surface area contributed by atoms with Crippen molar-refractivity contribution < 1.29 is 13.2 Å². The minimum atomic E-state index is -3.62. The maximum atomic E-state index is 13.4. The smallest absolute Gasteiger partial charge is 0.182 e. The van der Waals surface area contributed by atoms with Crippen LogP contribution in [0.25, 0.3) is 0 Å². The summed E-state index contributed by atoms with van der Waals surface area (Å²) < 4.78 is 26.8. The number of sulfone groups is 1. The van der Waals surface area contributed by atoms with Crippen molar-refractivity contribution in [2.45, 2.75) is 36.8 Å². The number of hydrogen-bond donors (Lipinski definition) is 0. The first-order valence-corrected chi connectivity index (χ1v) is 11.3. The van der Waals surface area contributed by atoms with E-state index >= 15 is 0 Å². The molecular formula is C25H24O3S. The lowest BCUT2D eigenvalue weighted by atomic mass is 10.0. The second-order valence-corrected chi connectivity index (χ2v) is 10.1. The van der Waals surface area contributed by atoms with Crippen molar-refractivity contribution in [2.24, 2.45) is 5.92 Å². The Balaban J connectivity index is 1.74. The molecule has 0 aromatic heterocycles. The summed E-state index contributed by atoms with van der Waals surface area (Å²) in [6, 6.07) is 22.1. The molecule has 1 aliphatic rings. The van der Waals surface area contributed by atoms with Crippen molar-refractivity contribution >= 4 is 15.6 Å². The van der Waals surface area contributed by atoms with Crippen LogP contribution in [0.3, 0.4) is 0 Å². The predicted molar refractivity (Wildman–Crippen MR) is 115 cm³/mol. The maximum Gasteiger partial charge on any atom is 0.182 e. The van der Waals surface area contributed by atoms with Gasteiger partial charge < -0.3 is 0 Å². The first kappa shape index (κ1) is 19.6. The van der Waals surface area contributed by atoms with Crippen molar-refractivity contribution in [2.75, 3.05) is 0 Å². The summed E-state index contributed by atoms with van der Waals surface area (Å²) >= 11 is 0. The van der Waals surface area contributed by atoms with Crippen LogP contribution >= 0.6 is 0 Å². The zero-order chi connectivity index (χ0) is 20.8. The standard InChI is InChI=1S/C25H24O3S/c1-16-4-10-19(11-5-16)22-23(24(26)20-12-6-17(2)7-13-20)25(22)29(27,28)21-14-8-18(3)9-15-21/h4-15,22-23,25H,1-3H3/t22-,23-,25+/m1/s1. The molecule has 4 rings (SSSR count). The van der Waals surface area contributed by atoms with Gasteiger partial charge in [-0.05, 0) is 38.5 Å². The van der Waals surface area contributed by atoms with Crippen molar-refractivity contribution in [3.63, 3.8) is 0 Å². The van der Waals surface area contributed by atoms with Gasteiger partial charge >= 0.3 is 0 Å². The average Bonchev–Trinajstić information content (AvgIpc) is 3.45. The third-order valence-corrected chi connectivity index (χ3v) is 8.00. The van der Waals surface area contributed by atoms with Gasteiger partial charge in [0, 0.05) is 17.4 Å². The van der Waals surface area contributed by atoms with E-state index in [4.69, 9.17) is 0 Å². The zero-order valence-electron chi connectivity index (χ0n) is 16.8. The van der Waals surface area contributed by atoms with E-state index in [1.165, 1.54) is 0 Å². The molecule has 0 radical (unpaired) electrons. The van der Waals surface area contributed by atoms with Gasteiger partial charge in [0.2, 0.25) is 0 Å². The molecular weight excluding hydrogens is 380 g/mol. The zero-order valence-corrected chi connectivity index (χ0v) is 17.6. The van der Waals surface area contributed by atoms with Crippen LogP contribution in [-0.4, -0.2) is 19.5 Å². The lowest BCUT2D eigenvalue weighted by Gasteiger charge is -2.05. The molecule has 0 spiro atoms. The van der Waals surface area contributed by atoms with Crippen LogP contribution < -0.4 is 0 Å². The quantitative estimate of drug-likeness (QED) is 0.559. The molecule has 1 fully saturated rings. The van der Waals surface area contributed by atoms with Crippen molar-refractivity contribution in [3.8, 4) is 0 Å². The third-order valence-electron chi connectivity index (χ3n) is 5.76. The van der Waals surface area contributed by atoms with Gasteiger partial charge in [-0.2, -0.15) is 0 Å². The van der Waals surface area contributed by atoms with Gasteiger partial charge in [-0.25, -0.2) is 8.42 Å². The van der Waals surface area contributed by atoms with Crippen LogP contribution in [0.4, 0.5) is 0 Å². The number of rotatable bonds is 5. The molecule has 0 aliphatic heterocycles. The molecule has 3 aromatic carbocycles. The highest BCUT2D eigenvalue weighted by molar-refractivity contribution is 7.92. The second-order valence-electron chi connectivity index (χ2n) is 8.02. The van der Waals surface area contributed by atoms with Crippen molar-refractivity contribution in [1.82, 2.24) is 0 Å². The Morgan fingerprint density at radius 2 is 1.14 bits per heavy atom. The van der Waals surface area contributed by atoms with Gasteiger partial charge in [-0.15, -0.1) is 0 Å². The predicted octanol–water partition coefficient (Wildman–Crippen LogP) is 5.05. The van der Waals surface area contributed by atoms with Crippen LogP contribution in [-0.2, 0) is 9.84 Å². The number of benzene rings is 3. The molecule has 1 aliphatic carbocycles. The minimum absolute atomic E-state index is 0.101. The summed E-state index contributed by atoms with van der Waals surface area (Å²) in [7, 11) is -3.62. The summed E-state index contributed by atoms with van der Waals surface area (Å²) in [6.45, 7) is 5.88. The van der Waals surface area contributed by atoms with Gasteiger partial charge in [0.15, 0.2) is 15.6 Å². The molecule has 0 saturated heterocycles. The monoisotopic (exact) mass is 404 g/mol. The molecule has 29 heavy (non-hydrogen) atoms.